The van der Waals surface area contributed by atoms with Crippen molar-refractivity contribution in [1.29, 1.82) is 0 Å². The van der Waals surface area contributed by atoms with Crippen LogP contribution in [0.25, 0.3) is 0 Å². The third-order valence-corrected chi connectivity index (χ3v) is 7.83. The Morgan fingerprint density at radius 1 is 1.09 bits per heavy atom. The molecular weight excluding hydrogens is 434 g/mol. The Kier molecular flexibility index (Phi) is 6.52. The Labute approximate surface area is 187 Å². The number of carbonyl (C=O) groups excluding carboxylic acids is 2. The second kappa shape index (κ2) is 9.33. The lowest BCUT2D eigenvalue weighted by Gasteiger charge is -2.27. The average molecular weight is 462 g/mol. The van der Waals surface area contributed by atoms with Crippen molar-refractivity contribution in [2.75, 3.05) is 32.1 Å². The first-order chi connectivity index (χ1) is 15.4. The van der Waals surface area contributed by atoms with Gasteiger partial charge in [-0.25, -0.2) is 8.42 Å². The van der Waals surface area contributed by atoms with Crippen LogP contribution in [0.2, 0.25) is 0 Å². The lowest BCUT2D eigenvalue weighted by molar-refractivity contribution is -0.119. The zero-order chi connectivity index (χ0) is 22.7. The van der Waals surface area contributed by atoms with Gasteiger partial charge in [-0.1, -0.05) is 6.42 Å². The molecule has 2 aromatic rings. The quantitative estimate of drug-likeness (QED) is 0.708. The maximum atomic E-state index is 13.2. The van der Waals surface area contributed by atoms with Gasteiger partial charge in [0, 0.05) is 25.3 Å². The molecule has 2 saturated heterocycles. The lowest BCUT2D eigenvalue weighted by Crippen LogP contribution is -2.43. The number of furan rings is 1. The fourth-order valence-corrected chi connectivity index (χ4v) is 5.95. The molecule has 1 aromatic carbocycles. The third kappa shape index (κ3) is 4.37. The minimum atomic E-state index is -3.76. The van der Waals surface area contributed by atoms with Gasteiger partial charge in [0.2, 0.25) is 15.9 Å². The number of nitrogens with one attached hydrogen (secondary N) is 1. The molecule has 0 unspecified atom stereocenters. The summed E-state index contributed by atoms with van der Waals surface area (Å²) in [5.74, 6) is -0.294. The van der Waals surface area contributed by atoms with Gasteiger partial charge in [-0.2, -0.15) is 4.31 Å². The van der Waals surface area contributed by atoms with Crippen LogP contribution in [0.1, 0.15) is 42.7 Å². The first-order valence-corrected chi connectivity index (χ1v) is 12.2. The SMILES string of the molecule is COc1ccc(NC(=O)[C@@H]2CCCN2C(=O)c2ccco2)cc1S(=O)(=O)N1CCCCC1. The molecule has 0 aliphatic carbocycles. The van der Waals surface area contributed by atoms with Crippen LogP contribution in [0.5, 0.6) is 5.75 Å². The summed E-state index contributed by atoms with van der Waals surface area (Å²) in [7, 11) is -2.34. The highest BCUT2D eigenvalue weighted by Gasteiger charge is 2.36. The van der Waals surface area contributed by atoms with Gasteiger partial charge in [0.05, 0.1) is 13.4 Å². The Hall–Kier alpha value is -2.85. The summed E-state index contributed by atoms with van der Waals surface area (Å²) in [6.07, 6.45) is 5.28. The van der Waals surface area contributed by atoms with Crippen LogP contribution in [-0.2, 0) is 14.8 Å². The normalized spacial score (nSPS) is 19.7. The molecule has 0 bridgehead atoms. The van der Waals surface area contributed by atoms with Crippen molar-refractivity contribution >= 4 is 27.5 Å². The van der Waals surface area contributed by atoms with Crippen molar-refractivity contribution in [1.82, 2.24) is 9.21 Å². The highest BCUT2D eigenvalue weighted by Crippen LogP contribution is 2.31. The van der Waals surface area contributed by atoms with Crippen LogP contribution in [0.15, 0.2) is 45.9 Å². The van der Waals surface area contributed by atoms with E-state index in [0.29, 0.717) is 38.2 Å². The van der Waals surface area contributed by atoms with Gasteiger partial charge < -0.3 is 19.4 Å². The molecule has 2 fully saturated rings. The molecule has 0 saturated carbocycles. The third-order valence-electron chi connectivity index (χ3n) is 5.91. The number of hydrogen-bond acceptors (Lipinski definition) is 6. The van der Waals surface area contributed by atoms with E-state index in [0.717, 1.165) is 19.3 Å². The van der Waals surface area contributed by atoms with E-state index in [4.69, 9.17) is 9.15 Å². The molecule has 1 N–H and O–H groups in total. The number of likely N-dealkylation sites (tertiary alicyclic amines) is 1. The molecule has 1 aromatic heterocycles. The predicted molar refractivity (Wildman–Crippen MR) is 117 cm³/mol. The van der Waals surface area contributed by atoms with E-state index in [1.807, 2.05) is 0 Å². The number of amides is 2. The summed E-state index contributed by atoms with van der Waals surface area (Å²) >= 11 is 0. The zero-order valence-electron chi connectivity index (χ0n) is 18.0. The number of rotatable bonds is 6. The minimum absolute atomic E-state index is 0.0228. The van der Waals surface area contributed by atoms with E-state index in [2.05, 4.69) is 5.32 Å². The van der Waals surface area contributed by atoms with Crippen LogP contribution in [-0.4, -0.2) is 62.2 Å². The number of anilines is 1. The average Bonchev–Trinajstić information content (AvgIpc) is 3.51. The molecule has 2 aliphatic heterocycles. The Morgan fingerprint density at radius 3 is 2.56 bits per heavy atom. The number of benzene rings is 1. The van der Waals surface area contributed by atoms with E-state index in [9.17, 15) is 18.0 Å². The van der Waals surface area contributed by atoms with Gasteiger partial charge in [0.1, 0.15) is 16.7 Å². The molecule has 3 heterocycles. The fourth-order valence-electron chi connectivity index (χ4n) is 4.25. The maximum absolute atomic E-state index is 13.2. The predicted octanol–water partition coefficient (Wildman–Crippen LogP) is 2.71. The number of hydrogen-bond donors (Lipinski definition) is 1. The van der Waals surface area contributed by atoms with E-state index in [-0.39, 0.29) is 28.2 Å². The second-order valence-electron chi connectivity index (χ2n) is 7.95. The van der Waals surface area contributed by atoms with Crippen molar-refractivity contribution in [3.8, 4) is 5.75 Å². The van der Waals surface area contributed by atoms with Crippen LogP contribution < -0.4 is 10.1 Å². The van der Waals surface area contributed by atoms with Crippen molar-refractivity contribution in [3.05, 3.63) is 42.4 Å². The molecule has 4 rings (SSSR count). The summed E-state index contributed by atoms with van der Waals surface area (Å²) < 4.78 is 38.3. The minimum Gasteiger partial charge on any atom is -0.495 e. The lowest BCUT2D eigenvalue weighted by atomic mass is 10.2. The number of sulfonamides is 1. The topological polar surface area (TPSA) is 109 Å². The zero-order valence-corrected chi connectivity index (χ0v) is 18.8. The number of nitrogens with zero attached hydrogens (tertiary/aromatic N) is 2. The molecule has 1 atom stereocenters. The van der Waals surface area contributed by atoms with Crippen molar-refractivity contribution < 1.29 is 27.2 Å². The molecular formula is C22H27N3O6S. The van der Waals surface area contributed by atoms with Gasteiger partial charge in [0.15, 0.2) is 5.76 Å². The number of carbonyl (C=O) groups is 2. The van der Waals surface area contributed by atoms with Gasteiger partial charge in [-0.15, -0.1) is 0 Å². The smallest absolute Gasteiger partial charge is 0.290 e. The van der Waals surface area contributed by atoms with Gasteiger partial charge >= 0.3 is 0 Å². The highest BCUT2D eigenvalue weighted by molar-refractivity contribution is 7.89. The van der Waals surface area contributed by atoms with Crippen LogP contribution in [0.3, 0.4) is 0 Å². The molecule has 10 heteroatoms. The molecule has 2 aliphatic rings. The first-order valence-electron chi connectivity index (χ1n) is 10.8. The Balaban J connectivity index is 1.54. The fraction of sp³-hybridized carbons (Fsp3) is 0.455. The summed E-state index contributed by atoms with van der Waals surface area (Å²) in [5, 5.41) is 2.78. The van der Waals surface area contributed by atoms with Crippen LogP contribution >= 0.6 is 0 Å². The Morgan fingerprint density at radius 2 is 1.88 bits per heavy atom. The number of piperidine rings is 1. The van der Waals surface area contributed by atoms with E-state index in [1.165, 1.54) is 34.7 Å². The molecule has 2 amide bonds. The Bertz CT molecular complexity index is 1080. The second-order valence-corrected chi connectivity index (χ2v) is 9.86. The summed E-state index contributed by atoms with van der Waals surface area (Å²) in [4.78, 5) is 27.2. The summed E-state index contributed by atoms with van der Waals surface area (Å²) in [5.41, 5.74) is 0.337. The molecule has 0 spiro atoms. The number of ether oxygens (including phenoxy) is 1. The van der Waals surface area contributed by atoms with E-state index < -0.39 is 16.1 Å². The molecule has 0 radical (unpaired) electrons. The van der Waals surface area contributed by atoms with Gasteiger partial charge in [0.25, 0.3) is 5.91 Å². The van der Waals surface area contributed by atoms with Crippen LogP contribution in [0.4, 0.5) is 5.69 Å². The van der Waals surface area contributed by atoms with Crippen molar-refractivity contribution in [2.45, 2.75) is 43.0 Å². The maximum Gasteiger partial charge on any atom is 0.290 e. The summed E-state index contributed by atoms with van der Waals surface area (Å²) in [6.45, 7) is 1.39. The van der Waals surface area contributed by atoms with Crippen LogP contribution in [0, 0.1) is 0 Å². The monoisotopic (exact) mass is 461 g/mol. The van der Waals surface area contributed by atoms with Crippen molar-refractivity contribution in [3.63, 3.8) is 0 Å². The molecule has 9 nitrogen and oxygen atoms in total. The standard InChI is InChI=1S/C22H27N3O6S/c1-30-18-10-9-16(15-20(18)32(28,29)24-11-3-2-4-12-24)23-21(26)17-7-5-13-25(17)22(27)19-8-6-14-31-19/h6,8-10,14-15,17H,2-5,7,11-13H2,1H3,(H,23,26)/t17-/m0/s1. The molecule has 32 heavy (non-hydrogen) atoms. The first kappa shape index (κ1) is 22.3. The van der Waals surface area contributed by atoms with Gasteiger partial charge in [-0.05, 0) is 56.0 Å². The number of methoxy groups -OCH3 is 1. The highest BCUT2D eigenvalue weighted by atomic mass is 32.2. The summed E-state index contributed by atoms with van der Waals surface area (Å²) in [6, 6.07) is 7.09. The van der Waals surface area contributed by atoms with E-state index in [1.54, 1.807) is 18.2 Å². The molecule has 172 valence electrons. The van der Waals surface area contributed by atoms with E-state index >= 15 is 0 Å². The van der Waals surface area contributed by atoms with Gasteiger partial charge in [-0.3, -0.25) is 9.59 Å². The van der Waals surface area contributed by atoms with Crippen molar-refractivity contribution in [2.24, 2.45) is 0 Å². The largest absolute Gasteiger partial charge is 0.495 e.